The molecule has 0 aromatic rings. The molecule has 0 aromatic heterocycles. The minimum absolute atomic E-state index is 0.174. The number of nitrogens with one attached hydrogen (secondary N) is 2. The number of carbonyl (C=O) groups is 1. The molecule has 0 heterocycles. The van der Waals surface area contributed by atoms with Crippen LogP contribution in [0.3, 0.4) is 0 Å². The van der Waals surface area contributed by atoms with E-state index in [-0.39, 0.29) is 6.61 Å². The van der Waals surface area contributed by atoms with Crippen molar-refractivity contribution in [1.82, 2.24) is 10.6 Å². The van der Waals surface area contributed by atoms with Gasteiger partial charge in [-0.3, -0.25) is 0 Å². The fraction of sp³-hybridized carbons (Fsp3) is 0.417. The highest BCUT2D eigenvalue weighted by Gasteiger charge is 1.96. The van der Waals surface area contributed by atoms with Crippen LogP contribution in [0.5, 0.6) is 0 Å². The molecule has 0 fully saturated rings. The maximum Gasteiger partial charge on any atom is 0.407 e. The summed E-state index contributed by atoms with van der Waals surface area (Å²) in [7, 11) is 3.28. The van der Waals surface area contributed by atoms with Crippen LogP contribution in [0.1, 0.15) is 13.8 Å². The maximum atomic E-state index is 10.7. The first kappa shape index (κ1) is 16.7. The van der Waals surface area contributed by atoms with Gasteiger partial charge in [0.1, 0.15) is 6.61 Å². The number of likely N-dealkylation sites (N-methyl/N-ethyl adjacent to an activating group) is 1. The van der Waals surface area contributed by atoms with E-state index in [1.165, 1.54) is 7.05 Å². The lowest BCUT2D eigenvalue weighted by molar-refractivity contribution is 0.159. The lowest BCUT2D eigenvalue weighted by atomic mass is 10.3. The van der Waals surface area contributed by atoms with Gasteiger partial charge in [0.05, 0.1) is 0 Å². The van der Waals surface area contributed by atoms with E-state index >= 15 is 0 Å². The fourth-order valence-corrected chi connectivity index (χ4v) is 0.580. The normalized spacial score (nSPS) is 8.75. The largest absolute Gasteiger partial charge is 0.445 e. The Hall–Kier alpha value is -1.71. The van der Waals surface area contributed by atoms with Crippen molar-refractivity contribution in [2.75, 3.05) is 20.7 Å². The number of hydrogen-bond donors (Lipinski definition) is 2. The summed E-state index contributed by atoms with van der Waals surface area (Å²) in [6.45, 7) is 11.6. The summed E-state index contributed by atoms with van der Waals surface area (Å²) in [4.78, 5) is 10.7. The van der Waals surface area contributed by atoms with Gasteiger partial charge >= 0.3 is 6.09 Å². The van der Waals surface area contributed by atoms with Crippen LogP contribution in [0, 0.1) is 0 Å². The molecule has 0 atom stereocenters. The fourth-order valence-electron chi connectivity index (χ4n) is 0.580. The van der Waals surface area contributed by atoms with E-state index in [1.54, 1.807) is 19.2 Å². The number of ether oxygens (including phenoxy) is 1. The summed E-state index contributed by atoms with van der Waals surface area (Å²) in [5.74, 6) is 0. The Morgan fingerprint density at radius 1 is 1.19 bits per heavy atom. The number of carbonyl (C=O) groups excluding carboxylic acids is 1. The molecule has 0 saturated heterocycles. The number of allylic oxidation sites excluding steroid dienone is 1. The van der Waals surface area contributed by atoms with Gasteiger partial charge < -0.3 is 15.4 Å². The lowest BCUT2D eigenvalue weighted by Gasteiger charge is -2.03. The summed E-state index contributed by atoms with van der Waals surface area (Å²) in [5.41, 5.74) is 1.47. The summed E-state index contributed by atoms with van der Waals surface area (Å²) in [6.07, 6.45) is 3.03. The number of alkyl carbamates (subject to hydrolysis) is 1. The second kappa shape index (κ2) is 11.4. The minimum Gasteiger partial charge on any atom is -0.445 e. The molecule has 4 heteroatoms. The monoisotopic (exact) mass is 226 g/mol. The van der Waals surface area contributed by atoms with E-state index in [0.29, 0.717) is 5.57 Å². The van der Waals surface area contributed by atoms with Crippen LogP contribution < -0.4 is 10.6 Å². The van der Waals surface area contributed by atoms with Gasteiger partial charge in [-0.25, -0.2) is 4.79 Å². The van der Waals surface area contributed by atoms with Gasteiger partial charge in [0.25, 0.3) is 0 Å². The van der Waals surface area contributed by atoms with E-state index in [1.807, 2.05) is 13.8 Å². The first-order chi connectivity index (χ1) is 7.60. The van der Waals surface area contributed by atoms with Crippen LogP contribution in [0.25, 0.3) is 0 Å². The van der Waals surface area contributed by atoms with Gasteiger partial charge in [0.15, 0.2) is 0 Å². The van der Waals surface area contributed by atoms with Crippen LogP contribution in [0.15, 0.2) is 36.6 Å². The molecule has 0 aliphatic rings. The zero-order valence-electron chi connectivity index (χ0n) is 10.6. The Morgan fingerprint density at radius 3 is 2.19 bits per heavy atom. The molecule has 0 bridgehead atoms. The van der Waals surface area contributed by atoms with Crippen molar-refractivity contribution in [3.8, 4) is 0 Å². The van der Waals surface area contributed by atoms with Crippen molar-refractivity contribution in [1.29, 1.82) is 0 Å². The molecule has 2 N–H and O–H groups in total. The predicted octanol–water partition coefficient (Wildman–Crippen LogP) is 2.21. The quantitative estimate of drug-likeness (QED) is 0.707. The smallest absolute Gasteiger partial charge is 0.407 e. The molecular formula is C12H22N2O2. The third kappa shape index (κ3) is 10.4. The molecule has 16 heavy (non-hydrogen) atoms. The first-order valence-electron chi connectivity index (χ1n) is 5.17. The maximum absolute atomic E-state index is 10.7. The molecule has 92 valence electrons. The van der Waals surface area contributed by atoms with Crippen LogP contribution in [-0.4, -0.2) is 26.8 Å². The first-order valence-corrected chi connectivity index (χ1v) is 5.17. The second-order valence-corrected chi connectivity index (χ2v) is 2.59. The molecule has 1 amide bonds. The van der Waals surface area contributed by atoms with Crippen LogP contribution >= 0.6 is 0 Å². The van der Waals surface area contributed by atoms with E-state index < -0.39 is 6.09 Å². The van der Waals surface area contributed by atoms with E-state index in [2.05, 4.69) is 23.8 Å². The molecule has 0 radical (unpaired) electrons. The molecule has 0 aliphatic heterocycles. The van der Waals surface area contributed by atoms with Crippen molar-refractivity contribution in [3.05, 3.63) is 36.6 Å². The lowest BCUT2D eigenvalue weighted by Crippen LogP contribution is -2.19. The molecule has 0 aliphatic carbocycles. The molecule has 0 rings (SSSR count). The van der Waals surface area contributed by atoms with Crippen molar-refractivity contribution in [2.45, 2.75) is 13.8 Å². The van der Waals surface area contributed by atoms with Crippen molar-refractivity contribution >= 4 is 6.09 Å². The average Bonchev–Trinajstić information content (AvgIpc) is 2.35. The van der Waals surface area contributed by atoms with Gasteiger partial charge in [0, 0.05) is 19.8 Å². The van der Waals surface area contributed by atoms with Gasteiger partial charge in [-0.2, -0.15) is 0 Å². The molecule has 0 unspecified atom stereocenters. The standard InChI is InChI=1S/C10H16N2O2.C2H6/c1-8(5-6-9(2)11-3)7-14-10(13)12-4;1-2/h5-6,11H,1-2,7H2,3-4H3,(H,12,13);1-2H3/b6-5-;. The SMILES string of the molecule is C=C(/C=C\C(=C)NC)COC(=O)NC.CC. The van der Waals surface area contributed by atoms with Crippen LogP contribution in [-0.2, 0) is 4.74 Å². The molecular weight excluding hydrogens is 204 g/mol. The highest BCUT2D eigenvalue weighted by Crippen LogP contribution is 1.96. The van der Waals surface area contributed by atoms with Crippen LogP contribution in [0.2, 0.25) is 0 Å². The third-order valence-electron chi connectivity index (χ3n) is 1.43. The Bertz CT molecular complexity index is 258. The minimum atomic E-state index is -0.466. The summed E-state index contributed by atoms with van der Waals surface area (Å²) < 4.78 is 4.77. The summed E-state index contributed by atoms with van der Waals surface area (Å²) >= 11 is 0. The molecule has 0 spiro atoms. The van der Waals surface area contributed by atoms with Gasteiger partial charge in [-0.1, -0.05) is 33.1 Å². The second-order valence-electron chi connectivity index (χ2n) is 2.59. The number of hydrogen-bond acceptors (Lipinski definition) is 3. The number of amides is 1. The van der Waals surface area contributed by atoms with Crippen molar-refractivity contribution < 1.29 is 9.53 Å². The van der Waals surface area contributed by atoms with E-state index in [4.69, 9.17) is 4.74 Å². The molecule has 0 aromatic carbocycles. The zero-order valence-corrected chi connectivity index (χ0v) is 10.6. The van der Waals surface area contributed by atoms with Crippen molar-refractivity contribution in [3.63, 3.8) is 0 Å². The van der Waals surface area contributed by atoms with E-state index in [9.17, 15) is 4.79 Å². The highest BCUT2D eigenvalue weighted by molar-refractivity contribution is 5.66. The van der Waals surface area contributed by atoms with E-state index in [0.717, 1.165) is 5.70 Å². The highest BCUT2D eigenvalue weighted by atomic mass is 16.5. The Kier molecular flexibility index (Phi) is 11.9. The predicted molar refractivity (Wildman–Crippen MR) is 68.2 cm³/mol. The number of rotatable bonds is 5. The summed E-state index contributed by atoms with van der Waals surface area (Å²) in [6, 6.07) is 0. The topological polar surface area (TPSA) is 50.4 Å². The summed E-state index contributed by atoms with van der Waals surface area (Å²) in [5, 5.41) is 5.19. The Labute approximate surface area is 98.1 Å². The van der Waals surface area contributed by atoms with Crippen molar-refractivity contribution in [2.24, 2.45) is 0 Å². The zero-order chi connectivity index (χ0) is 13.0. The molecule has 0 saturated carbocycles. The Balaban J connectivity index is 0. The van der Waals surface area contributed by atoms with Crippen LogP contribution in [0.4, 0.5) is 4.79 Å². The van der Waals surface area contributed by atoms with Gasteiger partial charge in [-0.15, -0.1) is 0 Å². The van der Waals surface area contributed by atoms with Gasteiger partial charge in [0.2, 0.25) is 0 Å². The van der Waals surface area contributed by atoms with Gasteiger partial charge in [-0.05, 0) is 11.6 Å². The Morgan fingerprint density at radius 2 is 1.75 bits per heavy atom. The third-order valence-corrected chi connectivity index (χ3v) is 1.43. The average molecular weight is 226 g/mol. The molecule has 4 nitrogen and oxygen atoms in total.